The molecule has 7 nitrogen and oxygen atoms in total. The number of benzene rings is 2. The standard InChI is InChI=1S/C23H16F7N5O2S/c1-35(15-4-2-14(24)3-5-15)21(36)37-20-16(6-13(22(25,26)27)7-17(20)23(28,29)30)12(8-31)9-32-18-10-34-19(38)11-33-18/h2-11H,31H2,1H3,(H,34,38)/b12-8+,32-9+. The van der Waals surface area contributed by atoms with Gasteiger partial charge in [-0.2, -0.15) is 26.3 Å². The number of alkyl halides is 6. The van der Waals surface area contributed by atoms with Crippen LogP contribution in [0.15, 0.2) is 60.0 Å². The molecule has 200 valence electrons. The van der Waals surface area contributed by atoms with Crippen LogP contribution in [0.25, 0.3) is 5.57 Å². The molecule has 3 aromatic rings. The number of rotatable bonds is 5. The first-order chi connectivity index (χ1) is 17.7. The van der Waals surface area contributed by atoms with Crippen molar-refractivity contribution in [2.75, 3.05) is 11.9 Å². The number of carbonyl (C=O) groups excluding carboxylic acids is 1. The van der Waals surface area contributed by atoms with E-state index < -0.39 is 52.3 Å². The van der Waals surface area contributed by atoms with Crippen LogP contribution in [0.4, 0.5) is 47.0 Å². The Morgan fingerprint density at radius 2 is 1.79 bits per heavy atom. The zero-order valence-corrected chi connectivity index (χ0v) is 19.9. The van der Waals surface area contributed by atoms with E-state index in [-0.39, 0.29) is 22.2 Å². The van der Waals surface area contributed by atoms with Crippen LogP contribution >= 0.6 is 12.2 Å². The van der Waals surface area contributed by atoms with Crippen molar-refractivity contribution in [1.29, 1.82) is 0 Å². The van der Waals surface area contributed by atoms with E-state index in [1.165, 1.54) is 12.4 Å². The van der Waals surface area contributed by atoms with E-state index in [4.69, 9.17) is 22.7 Å². The van der Waals surface area contributed by atoms with Crippen LogP contribution in [-0.4, -0.2) is 29.3 Å². The molecule has 0 unspecified atom stereocenters. The summed E-state index contributed by atoms with van der Waals surface area (Å²) in [6.07, 6.45) is -8.02. The summed E-state index contributed by atoms with van der Waals surface area (Å²) in [7, 11) is 1.11. The number of anilines is 1. The van der Waals surface area contributed by atoms with Crippen molar-refractivity contribution in [2.45, 2.75) is 12.4 Å². The summed E-state index contributed by atoms with van der Waals surface area (Å²) in [5.74, 6) is -1.94. The van der Waals surface area contributed by atoms with Crippen LogP contribution < -0.4 is 15.4 Å². The Balaban J connectivity index is 2.17. The van der Waals surface area contributed by atoms with Crippen LogP contribution in [0, 0.1) is 10.5 Å². The molecule has 38 heavy (non-hydrogen) atoms. The summed E-state index contributed by atoms with van der Waals surface area (Å²) in [6.45, 7) is 0. The average molecular weight is 559 g/mol. The lowest BCUT2D eigenvalue weighted by molar-refractivity contribution is -0.143. The molecular weight excluding hydrogens is 543 g/mol. The number of halogens is 7. The summed E-state index contributed by atoms with van der Waals surface area (Å²) < 4.78 is 101. The van der Waals surface area contributed by atoms with Gasteiger partial charge in [-0.05, 0) is 36.4 Å². The number of nitrogens with two attached hydrogens (primary N) is 1. The number of ether oxygens (including phenoxy) is 1. The maximum Gasteiger partial charge on any atom is 0.420 e. The van der Waals surface area contributed by atoms with E-state index in [0.717, 1.165) is 42.4 Å². The van der Waals surface area contributed by atoms with Gasteiger partial charge in [-0.1, -0.05) is 12.2 Å². The Morgan fingerprint density at radius 1 is 1.13 bits per heavy atom. The number of hydrogen-bond donors (Lipinski definition) is 2. The Labute approximate surface area is 215 Å². The molecule has 0 fully saturated rings. The molecule has 3 N–H and O–H groups in total. The van der Waals surface area contributed by atoms with Gasteiger partial charge < -0.3 is 15.5 Å². The van der Waals surface area contributed by atoms with Gasteiger partial charge in [0.25, 0.3) is 0 Å². The number of carbonyl (C=O) groups is 1. The van der Waals surface area contributed by atoms with Crippen LogP contribution in [0.5, 0.6) is 5.75 Å². The highest BCUT2D eigenvalue weighted by molar-refractivity contribution is 7.71. The number of aromatic nitrogens is 2. The van der Waals surface area contributed by atoms with Crippen molar-refractivity contribution in [1.82, 2.24) is 9.97 Å². The summed E-state index contributed by atoms with van der Waals surface area (Å²) in [6, 6.07) is 4.41. The van der Waals surface area contributed by atoms with Crippen molar-refractivity contribution in [3.05, 3.63) is 82.1 Å². The summed E-state index contributed by atoms with van der Waals surface area (Å²) in [4.78, 5) is 23.8. The molecule has 2 aromatic carbocycles. The fourth-order valence-corrected chi connectivity index (χ4v) is 3.11. The molecule has 1 aromatic heterocycles. The Bertz CT molecular complexity index is 1430. The number of nitrogens with zero attached hydrogens (tertiary/aromatic N) is 3. The number of aromatic amines is 1. The monoisotopic (exact) mass is 559 g/mol. The predicted molar refractivity (Wildman–Crippen MR) is 127 cm³/mol. The van der Waals surface area contributed by atoms with Crippen LogP contribution in [-0.2, 0) is 12.4 Å². The quantitative estimate of drug-likeness (QED) is 0.207. The van der Waals surface area contributed by atoms with Crippen molar-refractivity contribution >= 4 is 41.6 Å². The van der Waals surface area contributed by atoms with Gasteiger partial charge in [0.15, 0.2) is 11.6 Å². The molecule has 0 aliphatic rings. The van der Waals surface area contributed by atoms with E-state index in [0.29, 0.717) is 12.3 Å². The normalized spacial score (nSPS) is 12.6. The van der Waals surface area contributed by atoms with Gasteiger partial charge in [-0.15, -0.1) is 0 Å². The molecular formula is C23H16F7N5O2S. The topological polar surface area (TPSA) is 96.6 Å². The summed E-state index contributed by atoms with van der Waals surface area (Å²) in [5.41, 5.74) is 0.698. The van der Waals surface area contributed by atoms with E-state index in [2.05, 4.69) is 15.0 Å². The Kier molecular flexibility index (Phi) is 8.19. The minimum Gasteiger partial charge on any atom is -0.409 e. The van der Waals surface area contributed by atoms with E-state index in [1.54, 1.807) is 0 Å². The minimum absolute atomic E-state index is 0.0297. The second kappa shape index (κ2) is 11.0. The molecule has 0 aliphatic carbocycles. The number of H-pyrrole nitrogens is 1. The lowest BCUT2D eigenvalue weighted by Crippen LogP contribution is -2.30. The Morgan fingerprint density at radius 3 is 2.32 bits per heavy atom. The molecule has 0 radical (unpaired) electrons. The molecule has 0 spiro atoms. The molecule has 0 saturated carbocycles. The van der Waals surface area contributed by atoms with Gasteiger partial charge in [0.05, 0.1) is 17.3 Å². The summed E-state index contributed by atoms with van der Waals surface area (Å²) in [5, 5.41) is 0. The largest absolute Gasteiger partial charge is 0.420 e. The van der Waals surface area contributed by atoms with Gasteiger partial charge in [0, 0.05) is 42.5 Å². The smallest absolute Gasteiger partial charge is 0.409 e. The Hall–Kier alpha value is -4.27. The van der Waals surface area contributed by atoms with Gasteiger partial charge in [0.1, 0.15) is 10.5 Å². The van der Waals surface area contributed by atoms with Gasteiger partial charge in [-0.3, -0.25) is 4.90 Å². The molecule has 0 atom stereocenters. The summed E-state index contributed by atoms with van der Waals surface area (Å²) >= 11 is 4.84. The van der Waals surface area contributed by atoms with E-state index in [9.17, 15) is 35.5 Å². The number of amides is 1. The number of aliphatic imine (C=N–C) groups is 1. The van der Waals surface area contributed by atoms with Crippen LogP contribution in [0.3, 0.4) is 0 Å². The third-order valence-electron chi connectivity index (χ3n) is 4.88. The number of allylic oxidation sites excluding steroid dienone is 1. The molecule has 0 bridgehead atoms. The minimum atomic E-state index is -5.38. The third-order valence-corrected chi connectivity index (χ3v) is 5.11. The van der Waals surface area contributed by atoms with E-state index in [1.807, 2.05) is 0 Å². The molecule has 0 saturated heterocycles. The SMILES string of the molecule is CN(C(=O)Oc1c(C(=C/N)/C=N/c2c[nH]c(=S)cn2)cc(C(F)(F)F)cc1C(F)(F)F)c1ccc(F)cc1. The highest BCUT2D eigenvalue weighted by atomic mass is 32.1. The van der Waals surface area contributed by atoms with Gasteiger partial charge >= 0.3 is 18.4 Å². The second-order valence-electron chi connectivity index (χ2n) is 7.45. The van der Waals surface area contributed by atoms with Crippen molar-refractivity contribution < 1.29 is 40.3 Å². The third kappa shape index (κ3) is 6.73. The second-order valence-corrected chi connectivity index (χ2v) is 7.89. The highest BCUT2D eigenvalue weighted by Gasteiger charge is 2.41. The van der Waals surface area contributed by atoms with Crippen LogP contribution in [0.2, 0.25) is 0 Å². The molecule has 1 amide bonds. The molecule has 0 aliphatic heterocycles. The highest BCUT2D eigenvalue weighted by Crippen LogP contribution is 2.44. The molecule has 1 heterocycles. The first-order valence-electron chi connectivity index (χ1n) is 10.3. The maximum absolute atomic E-state index is 13.9. The first-order valence-corrected chi connectivity index (χ1v) is 10.7. The van der Waals surface area contributed by atoms with Gasteiger partial charge in [-0.25, -0.2) is 19.2 Å². The fraction of sp³-hybridized carbons (Fsp3) is 0.130. The zero-order chi connectivity index (χ0) is 28.3. The molecule has 3 rings (SSSR count). The molecule has 15 heteroatoms. The van der Waals surface area contributed by atoms with Crippen molar-refractivity contribution in [3.8, 4) is 5.75 Å². The number of hydrogen-bond acceptors (Lipinski definition) is 6. The first kappa shape index (κ1) is 28.3. The predicted octanol–water partition coefficient (Wildman–Crippen LogP) is 6.65. The van der Waals surface area contributed by atoms with Gasteiger partial charge in [0.2, 0.25) is 0 Å². The lowest BCUT2D eigenvalue weighted by Gasteiger charge is -2.22. The van der Waals surface area contributed by atoms with Crippen molar-refractivity contribution in [3.63, 3.8) is 0 Å². The fourth-order valence-electron chi connectivity index (χ4n) is 3.00. The van der Waals surface area contributed by atoms with Crippen molar-refractivity contribution in [2.24, 2.45) is 10.7 Å². The maximum atomic E-state index is 13.9. The lowest BCUT2D eigenvalue weighted by atomic mass is 9.98. The van der Waals surface area contributed by atoms with E-state index >= 15 is 0 Å². The number of nitrogens with one attached hydrogen (secondary N) is 1. The van der Waals surface area contributed by atoms with Crippen LogP contribution in [0.1, 0.15) is 16.7 Å². The zero-order valence-electron chi connectivity index (χ0n) is 19.1. The average Bonchev–Trinajstić information content (AvgIpc) is 2.84.